The number of urea groups is 1. The molecule has 0 aliphatic rings. The Bertz CT molecular complexity index is 433. The molecule has 0 atom stereocenters. The second-order valence-electron chi connectivity index (χ2n) is 6.78. The van der Waals surface area contributed by atoms with E-state index < -0.39 is 0 Å². The minimum Gasteiger partial charge on any atom is -0.327 e. The summed E-state index contributed by atoms with van der Waals surface area (Å²) in [6.45, 7) is 3.10. The van der Waals surface area contributed by atoms with Gasteiger partial charge in [-0.1, -0.05) is 82.9 Å². The van der Waals surface area contributed by atoms with Gasteiger partial charge in [-0.2, -0.15) is 0 Å². The summed E-state index contributed by atoms with van der Waals surface area (Å²) >= 11 is 0. The number of unbranched alkanes of at least 4 members (excludes halogenated alkanes) is 9. The molecule has 2 amide bonds. The topological polar surface area (TPSA) is 23.6 Å². The molecule has 0 saturated carbocycles. The van der Waals surface area contributed by atoms with Crippen molar-refractivity contribution in [2.24, 2.45) is 0 Å². The number of anilines is 1. The Morgan fingerprint density at radius 3 is 1.83 bits per heavy atom. The molecule has 3 heteroatoms. The molecule has 0 saturated heterocycles. The fourth-order valence-corrected chi connectivity index (χ4v) is 2.95. The van der Waals surface area contributed by atoms with Crippen molar-refractivity contribution in [2.75, 3.05) is 25.5 Å². The molecule has 0 N–H and O–H groups in total. The second kappa shape index (κ2) is 12.9. The van der Waals surface area contributed by atoms with Gasteiger partial charge < -0.3 is 4.90 Å². The van der Waals surface area contributed by atoms with Crippen LogP contribution in [0.15, 0.2) is 30.3 Å². The number of carbonyl (C=O) groups excluding carboxylic acids is 1. The van der Waals surface area contributed by atoms with Crippen LogP contribution in [0, 0.1) is 0 Å². The Hall–Kier alpha value is -1.51. The van der Waals surface area contributed by atoms with Crippen LogP contribution in [0.5, 0.6) is 0 Å². The van der Waals surface area contributed by atoms with Crippen LogP contribution < -0.4 is 4.90 Å². The first-order chi connectivity index (χ1) is 11.7. The fourth-order valence-electron chi connectivity index (χ4n) is 2.95. The zero-order valence-corrected chi connectivity index (χ0v) is 16.0. The Labute approximate surface area is 149 Å². The molecule has 136 valence electrons. The summed E-state index contributed by atoms with van der Waals surface area (Å²) in [5.74, 6) is 0. The molecule has 1 aromatic carbocycles. The van der Waals surface area contributed by atoms with E-state index in [1.54, 1.807) is 4.90 Å². The summed E-state index contributed by atoms with van der Waals surface area (Å²) < 4.78 is 0. The number of amides is 2. The van der Waals surface area contributed by atoms with E-state index in [-0.39, 0.29) is 6.03 Å². The first kappa shape index (κ1) is 20.5. The van der Waals surface area contributed by atoms with Gasteiger partial charge in [-0.25, -0.2) is 4.79 Å². The van der Waals surface area contributed by atoms with E-state index in [0.29, 0.717) is 0 Å². The number of hydrogen-bond donors (Lipinski definition) is 0. The third-order valence-electron chi connectivity index (χ3n) is 4.60. The first-order valence-corrected chi connectivity index (χ1v) is 9.70. The van der Waals surface area contributed by atoms with E-state index in [1.165, 1.54) is 57.8 Å². The molecular weight excluding hydrogens is 296 g/mol. The Balaban J connectivity index is 2.07. The molecule has 0 spiro atoms. The largest absolute Gasteiger partial charge is 0.327 e. The van der Waals surface area contributed by atoms with Gasteiger partial charge in [-0.3, -0.25) is 4.90 Å². The van der Waals surface area contributed by atoms with Crippen molar-refractivity contribution in [1.29, 1.82) is 0 Å². The lowest BCUT2D eigenvalue weighted by Crippen LogP contribution is -2.39. The van der Waals surface area contributed by atoms with Gasteiger partial charge in [0.1, 0.15) is 0 Å². The molecule has 0 heterocycles. The number of rotatable bonds is 12. The van der Waals surface area contributed by atoms with Crippen LogP contribution in [0.4, 0.5) is 10.5 Å². The van der Waals surface area contributed by atoms with Crippen LogP contribution in [-0.2, 0) is 0 Å². The molecule has 0 aliphatic carbocycles. The maximum atomic E-state index is 12.4. The molecule has 1 aromatic rings. The molecule has 0 radical (unpaired) electrons. The number of carbonyl (C=O) groups is 1. The van der Waals surface area contributed by atoms with E-state index in [9.17, 15) is 4.79 Å². The van der Waals surface area contributed by atoms with Crippen LogP contribution >= 0.6 is 0 Å². The lowest BCUT2D eigenvalue weighted by molar-refractivity contribution is 0.216. The predicted octanol–water partition coefficient (Wildman–Crippen LogP) is 6.10. The van der Waals surface area contributed by atoms with E-state index in [0.717, 1.165) is 18.7 Å². The van der Waals surface area contributed by atoms with Crippen molar-refractivity contribution < 1.29 is 4.79 Å². The average molecular weight is 333 g/mol. The number of para-hydroxylation sites is 1. The Morgan fingerprint density at radius 2 is 1.29 bits per heavy atom. The molecule has 24 heavy (non-hydrogen) atoms. The van der Waals surface area contributed by atoms with Gasteiger partial charge in [-0.05, 0) is 18.6 Å². The molecule has 0 fully saturated rings. The summed E-state index contributed by atoms with van der Waals surface area (Å²) in [6.07, 6.45) is 13.2. The van der Waals surface area contributed by atoms with Crippen LogP contribution in [-0.4, -0.2) is 31.6 Å². The zero-order chi connectivity index (χ0) is 17.6. The summed E-state index contributed by atoms with van der Waals surface area (Å²) in [5.41, 5.74) is 0.942. The molecule has 0 unspecified atom stereocenters. The van der Waals surface area contributed by atoms with E-state index in [2.05, 4.69) is 6.92 Å². The zero-order valence-electron chi connectivity index (χ0n) is 16.0. The van der Waals surface area contributed by atoms with Crippen molar-refractivity contribution in [2.45, 2.75) is 71.1 Å². The lowest BCUT2D eigenvalue weighted by Gasteiger charge is -2.25. The van der Waals surface area contributed by atoms with Crippen molar-refractivity contribution >= 4 is 11.7 Å². The second-order valence-corrected chi connectivity index (χ2v) is 6.78. The molecule has 1 rings (SSSR count). The maximum absolute atomic E-state index is 12.4. The monoisotopic (exact) mass is 332 g/mol. The van der Waals surface area contributed by atoms with Crippen LogP contribution in [0.3, 0.4) is 0 Å². The SMILES string of the molecule is CCCCCCCCCCCCN(C)C(=O)N(C)c1ccccc1. The smallest absolute Gasteiger partial charge is 0.323 e. The maximum Gasteiger partial charge on any atom is 0.323 e. The Kier molecular flexibility index (Phi) is 11.0. The van der Waals surface area contributed by atoms with Gasteiger partial charge in [0.05, 0.1) is 0 Å². The summed E-state index contributed by atoms with van der Waals surface area (Å²) in [6, 6.07) is 9.88. The summed E-state index contributed by atoms with van der Waals surface area (Å²) in [4.78, 5) is 15.9. The Morgan fingerprint density at radius 1 is 0.792 bits per heavy atom. The average Bonchev–Trinajstić information content (AvgIpc) is 2.62. The third kappa shape index (κ3) is 8.37. The van der Waals surface area contributed by atoms with Gasteiger partial charge >= 0.3 is 6.03 Å². The van der Waals surface area contributed by atoms with Crippen molar-refractivity contribution in [1.82, 2.24) is 4.90 Å². The van der Waals surface area contributed by atoms with Gasteiger partial charge in [0, 0.05) is 26.3 Å². The molecule has 3 nitrogen and oxygen atoms in total. The van der Waals surface area contributed by atoms with Crippen molar-refractivity contribution in [3.8, 4) is 0 Å². The minimum absolute atomic E-state index is 0.0668. The van der Waals surface area contributed by atoms with Crippen LogP contribution in [0.1, 0.15) is 71.1 Å². The lowest BCUT2D eigenvalue weighted by atomic mass is 10.1. The standard InChI is InChI=1S/C21H36N2O/c1-4-5-6-7-8-9-10-11-12-16-19-22(2)21(24)23(3)20-17-14-13-15-18-20/h13-15,17-18H,4-12,16,19H2,1-3H3. The van der Waals surface area contributed by atoms with Gasteiger partial charge in [0.2, 0.25) is 0 Å². The number of benzene rings is 1. The minimum atomic E-state index is 0.0668. The highest BCUT2D eigenvalue weighted by Crippen LogP contribution is 2.14. The number of hydrogen-bond acceptors (Lipinski definition) is 1. The van der Waals surface area contributed by atoms with Crippen LogP contribution in [0.25, 0.3) is 0 Å². The molecule has 0 aliphatic heterocycles. The quantitative estimate of drug-likeness (QED) is 0.424. The van der Waals surface area contributed by atoms with Gasteiger partial charge in [-0.15, -0.1) is 0 Å². The summed E-state index contributed by atoms with van der Waals surface area (Å²) in [5, 5.41) is 0. The highest BCUT2D eigenvalue weighted by molar-refractivity contribution is 5.91. The van der Waals surface area contributed by atoms with Crippen molar-refractivity contribution in [3.63, 3.8) is 0 Å². The van der Waals surface area contributed by atoms with E-state index >= 15 is 0 Å². The van der Waals surface area contributed by atoms with Crippen molar-refractivity contribution in [3.05, 3.63) is 30.3 Å². The highest BCUT2D eigenvalue weighted by Gasteiger charge is 2.14. The van der Waals surface area contributed by atoms with E-state index in [4.69, 9.17) is 0 Å². The highest BCUT2D eigenvalue weighted by atomic mass is 16.2. The van der Waals surface area contributed by atoms with E-state index in [1.807, 2.05) is 49.3 Å². The number of nitrogens with zero attached hydrogens (tertiary/aromatic N) is 2. The summed E-state index contributed by atoms with van der Waals surface area (Å²) in [7, 11) is 3.74. The molecule has 0 bridgehead atoms. The fraction of sp³-hybridized carbons (Fsp3) is 0.667. The normalized spacial score (nSPS) is 10.6. The van der Waals surface area contributed by atoms with Gasteiger partial charge in [0.25, 0.3) is 0 Å². The van der Waals surface area contributed by atoms with Gasteiger partial charge in [0.15, 0.2) is 0 Å². The molecule has 0 aromatic heterocycles. The third-order valence-corrected chi connectivity index (χ3v) is 4.60. The molecular formula is C21H36N2O. The first-order valence-electron chi connectivity index (χ1n) is 9.70. The predicted molar refractivity (Wildman–Crippen MR) is 105 cm³/mol. The van der Waals surface area contributed by atoms with Crippen LogP contribution in [0.2, 0.25) is 0 Å².